The first-order valence-electron chi connectivity index (χ1n) is 14.1. The second kappa shape index (κ2) is 15.4. The first-order valence-corrected chi connectivity index (χ1v) is 14.9. The molecule has 0 aliphatic carbocycles. The minimum absolute atomic E-state index is 0.0824. The summed E-state index contributed by atoms with van der Waals surface area (Å²) in [5, 5.41) is 3.67. The molecule has 1 saturated heterocycles. The highest BCUT2D eigenvalue weighted by Gasteiger charge is 2.39. The van der Waals surface area contributed by atoms with E-state index in [1.165, 1.54) is 7.11 Å². The lowest BCUT2D eigenvalue weighted by atomic mass is 9.80. The van der Waals surface area contributed by atoms with Crippen LogP contribution in [0.15, 0.2) is 65.0 Å². The Hall–Kier alpha value is -3.04. The Kier molecular flexibility index (Phi) is 11.7. The number of carbonyl (C=O) groups is 2. The molecule has 0 bridgehead atoms. The van der Waals surface area contributed by atoms with E-state index in [1.807, 2.05) is 24.3 Å². The van der Waals surface area contributed by atoms with Gasteiger partial charge in [-0.2, -0.15) is 0 Å². The average molecular weight is 619 g/mol. The van der Waals surface area contributed by atoms with E-state index in [2.05, 4.69) is 5.32 Å². The number of benzene rings is 2. The van der Waals surface area contributed by atoms with Gasteiger partial charge < -0.3 is 29.0 Å². The highest BCUT2D eigenvalue weighted by atomic mass is 35.5. The summed E-state index contributed by atoms with van der Waals surface area (Å²) in [6.45, 7) is 5.37. The minimum Gasteiger partial charge on any atom is -0.493 e. The maximum atomic E-state index is 13.4. The van der Waals surface area contributed by atoms with Crippen LogP contribution in [0.2, 0.25) is 10.0 Å². The van der Waals surface area contributed by atoms with E-state index in [-0.39, 0.29) is 29.1 Å². The lowest BCUT2D eigenvalue weighted by Crippen LogP contribution is -2.32. The fourth-order valence-corrected chi connectivity index (χ4v) is 5.51. The summed E-state index contributed by atoms with van der Waals surface area (Å²) in [5.41, 5.74) is 3.31. The van der Waals surface area contributed by atoms with E-state index in [1.54, 1.807) is 32.0 Å². The standard InChI is InChI=1S/C32H37Cl2NO7/c1-20-27(31(36)38-3)29(24-8-6-9-25(33)30(24)34)28(21(2)35-20)32(37)42-18-7-17-39-23-13-11-22(12-14-23)15-19-41-26-10-4-5-16-40-26/h6,8-9,11-14,26,29,35H,4-5,7,10,15-19H2,1-3H3. The first-order chi connectivity index (χ1) is 20.3. The first kappa shape index (κ1) is 31.9. The predicted molar refractivity (Wildman–Crippen MR) is 161 cm³/mol. The number of rotatable bonds is 12. The second-order valence-electron chi connectivity index (χ2n) is 10.2. The number of hydrogen-bond donors (Lipinski definition) is 1. The van der Waals surface area contributed by atoms with Crippen LogP contribution in [-0.4, -0.2) is 51.8 Å². The number of nitrogens with one attached hydrogen (secondary N) is 1. The van der Waals surface area contributed by atoms with Gasteiger partial charge in [-0.15, -0.1) is 0 Å². The third-order valence-electron chi connectivity index (χ3n) is 7.22. The molecule has 2 atom stereocenters. The summed E-state index contributed by atoms with van der Waals surface area (Å²) in [4.78, 5) is 26.2. The van der Waals surface area contributed by atoms with Crippen LogP contribution in [0.4, 0.5) is 0 Å². The minimum atomic E-state index is -0.812. The quantitative estimate of drug-likeness (QED) is 0.213. The highest BCUT2D eigenvalue weighted by Crippen LogP contribution is 2.43. The van der Waals surface area contributed by atoms with Gasteiger partial charge in [0.2, 0.25) is 0 Å². The molecule has 2 unspecified atom stereocenters. The van der Waals surface area contributed by atoms with E-state index in [4.69, 9.17) is 46.9 Å². The molecular formula is C32H37Cl2NO7. The van der Waals surface area contributed by atoms with Gasteiger partial charge in [0, 0.05) is 24.4 Å². The van der Waals surface area contributed by atoms with Crippen molar-refractivity contribution in [3.05, 3.63) is 86.2 Å². The van der Waals surface area contributed by atoms with Crippen LogP contribution in [-0.2, 0) is 35.0 Å². The lowest BCUT2D eigenvalue weighted by molar-refractivity contribution is -0.161. The van der Waals surface area contributed by atoms with Gasteiger partial charge in [-0.25, -0.2) is 9.59 Å². The molecule has 226 valence electrons. The molecule has 42 heavy (non-hydrogen) atoms. The van der Waals surface area contributed by atoms with Gasteiger partial charge in [-0.05, 0) is 68.9 Å². The number of ether oxygens (including phenoxy) is 5. The van der Waals surface area contributed by atoms with Crippen molar-refractivity contribution < 1.29 is 33.3 Å². The van der Waals surface area contributed by atoms with Crippen LogP contribution in [0.25, 0.3) is 0 Å². The molecule has 1 N–H and O–H groups in total. The molecular weight excluding hydrogens is 581 g/mol. The molecule has 0 spiro atoms. The van der Waals surface area contributed by atoms with Crippen LogP contribution in [0.3, 0.4) is 0 Å². The molecule has 8 nitrogen and oxygen atoms in total. The van der Waals surface area contributed by atoms with E-state index >= 15 is 0 Å². The van der Waals surface area contributed by atoms with Crippen molar-refractivity contribution in [1.82, 2.24) is 5.32 Å². The molecule has 4 rings (SSSR count). The van der Waals surface area contributed by atoms with Gasteiger partial charge in [-0.3, -0.25) is 0 Å². The molecule has 0 aromatic heterocycles. The Morgan fingerprint density at radius 1 is 0.952 bits per heavy atom. The third kappa shape index (κ3) is 8.07. The van der Waals surface area contributed by atoms with Crippen molar-refractivity contribution >= 4 is 35.1 Å². The van der Waals surface area contributed by atoms with Crippen molar-refractivity contribution in [1.29, 1.82) is 0 Å². The number of esters is 2. The number of allylic oxidation sites excluding steroid dienone is 2. The summed E-state index contributed by atoms with van der Waals surface area (Å²) in [7, 11) is 1.29. The summed E-state index contributed by atoms with van der Waals surface area (Å²) < 4.78 is 27.9. The number of dihydropyridines is 1. The topological polar surface area (TPSA) is 92.3 Å². The van der Waals surface area contributed by atoms with Crippen molar-refractivity contribution in [2.45, 2.75) is 58.2 Å². The van der Waals surface area contributed by atoms with Gasteiger partial charge >= 0.3 is 11.9 Å². The zero-order valence-corrected chi connectivity index (χ0v) is 25.7. The summed E-state index contributed by atoms with van der Waals surface area (Å²) >= 11 is 12.8. The maximum absolute atomic E-state index is 13.4. The van der Waals surface area contributed by atoms with E-state index in [0.29, 0.717) is 41.6 Å². The summed E-state index contributed by atoms with van der Waals surface area (Å²) in [6.07, 6.45) is 4.40. The Morgan fingerprint density at radius 3 is 2.38 bits per heavy atom. The third-order valence-corrected chi connectivity index (χ3v) is 8.06. The van der Waals surface area contributed by atoms with E-state index in [0.717, 1.165) is 43.6 Å². The Labute approximate surface area is 256 Å². The average Bonchev–Trinajstić information content (AvgIpc) is 2.99. The highest BCUT2D eigenvalue weighted by molar-refractivity contribution is 6.42. The van der Waals surface area contributed by atoms with Crippen LogP contribution in [0, 0.1) is 0 Å². The zero-order valence-electron chi connectivity index (χ0n) is 24.2. The van der Waals surface area contributed by atoms with Crippen molar-refractivity contribution in [2.24, 2.45) is 0 Å². The molecule has 2 heterocycles. The molecule has 2 aromatic carbocycles. The van der Waals surface area contributed by atoms with Crippen LogP contribution in [0.5, 0.6) is 5.75 Å². The van der Waals surface area contributed by atoms with Gasteiger partial charge in [-0.1, -0.05) is 47.5 Å². The summed E-state index contributed by atoms with van der Waals surface area (Å²) in [6, 6.07) is 13.0. The van der Waals surface area contributed by atoms with Crippen molar-refractivity contribution in [3.63, 3.8) is 0 Å². The Bertz CT molecular complexity index is 1320. The second-order valence-corrected chi connectivity index (χ2v) is 11.0. The molecule has 0 saturated carbocycles. The van der Waals surface area contributed by atoms with Gasteiger partial charge in [0.1, 0.15) is 5.75 Å². The van der Waals surface area contributed by atoms with Crippen LogP contribution < -0.4 is 10.1 Å². The fourth-order valence-electron chi connectivity index (χ4n) is 5.09. The smallest absolute Gasteiger partial charge is 0.336 e. The van der Waals surface area contributed by atoms with E-state index < -0.39 is 17.9 Å². The van der Waals surface area contributed by atoms with E-state index in [9.17, 15) is 9.59 Å². The van der Waals surface area contributed by atoms with Crippen molar-refractivity contribution in [3.8, 4) is 5.75 Å². The normalized spacial score (nSPS) is 18.9. The van der Waals surface area contributed by atoms with Gasteiger partial charge in [0.25, 0.3) is 0 Å². The summed E-state index contributed by atoms with van der Waals surface area (Å²) in [5.74, 6) is -1.23. The lowest BCUT2D eigenvalue weighted by Gasteiger charge is -2.30. The fraction of sp³-hybridized carbons (Fsp3) is 0.438. The predicted octanol–water partition coefficient (Wildman–Crippen LogP) is 6.50. The SMILES string of the molecule is COC(=O)C1=C(C)NC(C)=C(C(=O)OCCCOc2ccc(CCOC3CCCCO3)cc2)C1c1cccc(Cl)c1Cl. The zero-order chi connectivity index (χ0) is 30.1. The Balaban J connectivity index is 1.30. The monoisotopic (exact) mass is 617 g/mol. The maximum Gasteiger partial charge on any atom is 0.336 e. The van der Waals surface area contributed by atoms with Gasteiger partial charge in [0.05, 0.1) is 54.0 Å². The number of hydrogen-bond acceptors (Lipinski definition) is 8. The Morgan fingerprint density at radius 2 is 1.69 bits per heavy atom. The molecule has 2 aromatic rings. The molecule has 0 radical (unpaired) electrons. The largest absolute Gasteiger partial charge is 0.493 e. The molecule has 10 heteroatoms. The number of methoxy groups -OCH3 is 1. The van der Waals surface area contributed by atoms with Crippen LogP contribution >= 0.6 is 23.2 Å². The van der Waals surface area contributed by atoms with Crippen LogP contribution in [0.1, 0.15) is 56.6 Å². The van der Waals surface area contributed by atoms with Crippen molar-refractivity contribution in [2.75, 3.05) is 33.5 Å². The van der Waals surface area contributed by atoms with Gasteiger partial charge in [0.15, 0.2) is 6.29 Å². The molecule has 2 aliphatic rings. The molecule has 1 fully saturated rings. The number of carbonyl (C=O) groups excluding carboxylic acids is 2. The number of halogens is 2. The molecule has 0 amide bonds. The molecule has 2 aliphatic heterocycles.